The number of piperazine rings is 1. The molecule has 1 fully saturated rings. The van der Waals surface area contributed by atoms with Gasteiger partial charge in [-0.1, -0.05) is 20.8 Å². The van der Waals surface area contributed by atoms with E-state index in [4.69, 9.17) is 0 Å². The van der Waals surface area contributed by atoms with Crippen molar-refractivity contribution in [1.82, 2.24) is 15.2 Å². The number of nitrogens with one attached hydrogen (secondary N) is 1. The number of hydrogen-bond acceptors (Lipinski definition) is 4. The van der Waals surface area contributed by atoms with Gasteiger partial charge in [0.25, 0.3) is 0 Å². The molecule has 1 N–H and O–H groups in total. The Labute approximate surface area is 121 Å². The molecule has 4 heteroatoms. The normalized spacial score (nSPS) is 26.0. The van der Waals surface area contributed by atoms with Crippen molar-refractivity contribution in [3.8, 4) is 0 Å². The van der Waals surface area contributed by atoms with Crippen LogP contribution < -0.4 is 5.32 Å². The fourth-order valence-electron chi connectivity index (χ4n) is 3.00. The third kappa shape index (κ3) is 3.01. The van der Waals surface area contributed by atoms with Crippen LogP contribution in [0.5, 0.6) is 0 Å². The highest BCUT2D eigenvalue weighted by Gasteiger charge is 2.40. The van der Waals surface area contributed by atoms with Crippen molar-refractivity contribution in [2.75, 3.05) is 13.1 Å². The first kappa shape index (κ1) is 14.9. The molecule has 3 nitrogen and oxygen atoms in total. The quantitative estimate of drug-likeness (QED) is 0.919. The molecule has 0 aromatic carbocycles. The van der Waals surface area contributed by atoms with Crippen LogP contribution in [0.15, 0.2) is 11.6 Å². The maximum Gasteiger partial charge on any atom is 0.112 e. The number of aromatic nitrogens is 1. The summed E-state index contributed by atoms with van der Waals surface area (Å²) < 4.78 is 0. The summed E-state index contributed by atoms with van der Waals surface area (Å²) in [6, 6.07) is 1.19. The van der Waals surface area contributed by atoms with Gasteiger partial charge in [-0.05, 0) is 26.2 Å². The summed E-state index contributed by atoms with van der Waals surface area (Å²) in [4.78, 5) is 7.23. The average molecular weight is 281 g/mol. The number of hydrogen-bond donors (Lipinski definition) is 1. The lowest BCUT2D eigenvalue weighted by Gasteiger charge is -2.49. The van der Waals surface area contributed by atoms with E-state index in [1.807, 2.05) is 6.20 Å². The third-order valence-electron chi connectivity index (χ3n) is 4.37. The van der Waals surface area contributed by atoms with Gasteiger partial charge in [0.2, 0.25) is 0 Å². The van der Waals surface area contributed by atoms with Crippen molar-refractivity contribution >= 4 is 11.3 Å². The van der Waals surface area contributed by atoms with Crippen molar-refractivity contribution in [3.05, 3.63) is 16.6 Å². The van der Waals surface area contributed by atoms with Gasteiger partial charge in [0.15, 0.2) is 0 Å². The van der Waals surface area contributed by atoms with Crippen LogP contribution >= 0.6 is 11.3 Å². The summed E-state index contributed by atoms with van der Waals surface area (Å²) >= 11 is 1.77. The van der Waals surface area contributed by atoms with Gasteiger partial charge in [-0.15, -0.1) is 11.3 Å². The van der Waals surface area contributed by atoms with Crippen LogP contribution in [-0.4, -0.2) is 35.1 Å². The molecule has 2 unspecified atom stereocenters. The highest BCUT2D eigenvalue weighted by molar-refractivity contribution is 7.09. The van der Waals surface area contributed by atoms with E-state index in [2.05, 4.69) is 55.2 Å². The lowest BCUT2D eigenvalue weighted by atomic mass is 9.91. The predicted molar refractivity (Wildman–Crippen MR) is 82.6 cm³/mol. The molecule has 1 saturated heterocycles. The Morgan fingerprint density at radius 3 is 2.79 bits per heavy atom. The Morgan fingerprint density at radius 1 is 1.53 bits per heavy atom. The Balaban J connectivity index is 2.26. The zero-order valence-corrected chi connectivity index (χ0v) is 13.6. The Morgan fingerprint density at radius 2 is 2.26 bits per heavy atom. The van der Waals surface area contributed by atoms with Crippen molar-refractivity contribution in [2.45, 2.75) is 58.7 Å². The van der Waals surface area contributed by atoms with Crippen molar-refractivity contribution < 1.29 is 0 Å². The topological polar surface area (TPSA) is 28.2 Å². The molecule has 2 rings (SSSR count). The van der Waals surface area contributed by atoms with Crippen LogP contribution in [0.25, 0.3) is 0 Å². The van der Waals surface area contributed by atoms with Crippen molar-refractivity contribution in [2.24, 2.45) is 5.92 Å². The molecule has 0 bridgehead atoms. The Bertz CT molecular complexity index is 386. The van der Waals surface area contributed by atoms with Gasteiger partial charge < -0.3 is 5.32 Å². The summed E-state index contributed by atoms with van der Waals surface area (Å²) in [6.07, 6.45) is 3.11. The van der Waals surface area contributed by atoms with Gasteiger partial charge in [-0.25, -0.2) is 4.98 Å². The minimum atomic E-state index is 0.0264. The van der Waals surface area contributed by atoms with Crippen molar-refractivity contribution in [1.29, 1.82) is 0 Å². The summed E-state index contributed by atoms with van der Waals surface area (Å²) in [5.41, 5.74) is 0.0264. The number of nitrogens with zero attached hydrogens (tertiary/aromatic N) is 2. The van der Waals surface area contributed by atoms with Crippen LogP contribution in [0, 0.1) is 5.92 Å². The SMILES string of the molecule is CCC1CN(C(C)(C)c2nccs2)C(C(C)C)CN1. The molecule has 1 aromatic heterocycles. The zero-order chi connectivity index (χ0) is 14.0. The highest BCUT2D eigenvalue weighted by atomic mass is 32.1. The van der Waals surface area contributed by atoms with Crippen LogP contribution in [0.3, 0.4) is 0 Å². The largest absolute Gasteiger partial charge is 0.311 e. The summed E-state index contributed by atoms with van der Waals surface area (Å²) in [5, 5.41) is 7.00. The first-order valence-electron chi connectivity index (χ1n) is 7.37. The molecule has 0 aliphatic carbocycles. The van der Waals surface area contributed by atoms with Gasteiger partial charge >= 0.3 is 0 Å². The molecule has 2 heterocycles. The second-order valence-corrected chi connectivity index (χ2v) is 7.27. The first-order valence-corrected chi connectivity index (χ1v) is 8.24. The molecular formula is C15H27N3S. The molecule has 1 aromatic rings. The molecule has 19 heavy (non-hydrogen) atoms. The highest BCUT2D eigenvalue weighted by Crippen LogP contribution is 2.34. The van der Waals surface area contributed by atoms with E-state index >= 15 is 0 Å². The maximum absolute atomic E-state index is 4.56. The molecule has 1 aliphatic rings. The molecular weight excluding hydrogens is 254 g/mol. The summed E-state index contributed by atoms with van der Waals surface area (Å²) in [5.74, 6) is 0.657. The molecule has 108 valence electrons. The van der Waals surface area contributed by atoms with Crippen LogP contribution in [0.2, 0.25) is 0 Å². The van der Waals surface area contributed by atoms with Crippen molar-refractivity contribution in [3.63, 3.8) is 0 Å². The lowest BCUT2D eigenvalue weighted by Crippen LogP contribution is -2.63. The van der Waals surface area contributed by atoms with E-state index in [1.54, 1.807) is 11.3 Å². The van der Waals surface area contributed by atoms with Gasteiger partial charge in [0.1, 0.15) is 5.01 Å². The fourth-order valence-corrected chi connectivity index (χ4v) is 3.77. The Hall–Kier alpha value is -0.450. The monoisotopic (exact) mass is 281 g/mol. The maximum atomic E-state index is 4.56. The Kier molecular flexibility index (Phi) is 4.64. The third-order valence-corrected chi connectivity index (χ3v) is 5.46. The number of rotatable bonds is 4. The van der Waals surface area contributed by atoms with Crippen LogP contribution in [0.4, 0.5) is 0 Å². The van der Waals surface area contributed by atoms with E-state index in [0.29, 0.717) is 18.0 Å². The fraction of sp³-hybridized carbons (Fsp3) is 0.800. The molecule has 0 saturated carbocycles. The van der Waals surface area contributed by atoms with Gasteiger partial charge in [-0.2, -0.15) is 0 Å². The van der Waals surface area contributed by atoms with E-state index in [-0.39, 0.29) is 5.54 Å². The van der Waals surface area contributed by atoms with Crippen LogP contribution in [0.1, 0.15) is 46.0 Å². The minimum absolute atomic E-state index is 0.0264. The second kappa shape index (κ2) is 5.90. The molecule has 0 radical (unpaired) electrons. The average Bonchev–Trinajstić information content (AvgIpc) is 2.92. The zero-order valence-electron chi connectivity index (χ0n) is 12.8. The molecule has 2 atom stereocenters. The van der Waals surface area contributed by atoms with E-state index in [1.165, 1.54) is 11.4 Å². The minimum Gasteiger partial charge on any atom is -0.311 e. The predicted octanol–water partition coefficient (Wildman–Crippen LogP) is 3.09. The smallest absolute Gasteiger partial charge is 0.112 e. The van der Waals surface area contributed by atoms with Gasteiger partial charge in [-0.3, -0.25) is 4.90 Å². The molecule has 0 spiro atoms. The van der Waals surface area contributed by atoms with E-state index in [0.717, 1.165) is 13.1 Å². The van der Waals surface area contributed by atoms with Gasteiger partial charge in [0.05, 0.1) is 5.54 Å². The molecule has 1 aliphatic heterocycles. The van der Waals surface area contributed by atoms with E-state index < -0.39 is 0 Å². The van der Waals surface area contributed by atoms with Crippen LogP contribution in [-0.2, 0) is 5.54 Å². The molecule has 0 amide bonds. The summed E-state index contributed by atoms with van der Waals surface area (Å²) in [7, 11) is 0. The standard InChI is InChI=1S/C15H27N3S/c1-6-12-10-18(13(9-17-12)11(2)3)15(4,5)14-16-7-8-19-14/h7-8,11-13,17H,6,9-10H2,1-5H3. The second-order valence-electron chi connectivity index (χ2n) is 6.37. The summed E-state index contributed by atoms with van der Waals surface area (Å²) in [6.45, 7) is 13.8. The lowest BCUT2D eigenvalue weighted by molar-refractivity contribution is 0.00674. The number of thiazole rings is 1. The first-order chi connectivity index (χ1) is 8.96. The van der Waals surface area contributed by atoms with E-state index in [9.17, 15) is 0 Å². The van der Waals surface area contributed by atoms with Gasteiger partial charge in [0, 0.05) is 36.8 Å².